The summed E-state index contributed by atoms with van der Waals surface area (Å²) >= 11 is 0. The first-order valence-electron chi connectivity index (χ1n) is 6.39. The summed E-state index contributed by atoms with van der Waals surface area (Å²) in [5.74, 6) is -0.512. The van der Waals surface area contributed by atoms with E-state index in [4.69, 9.17) is 5.11 Å². The molecule has 0 saturated heterocycles. The molecule has 5 heteroatoms. The van der Waals surface area contributed by atoms with Crippen molar-refractivity contribution in [3.63, 3.8) is 0 Å². The number of hydrogen-bond acceptors (Lipinski definition) is 4. The summed E-state index contributed by atoms with van der Waals surface area (Å²) in [5, 5.41) is 9.17. The standard InChI is InChI=1S/C15H19NO4/c1-3-10-16(11-15(19)20-2)14(18)9-6-12-4-7-13(17)8-5-12/h4-9,17H,3,10-11H2,1-2H3. The zero-order chi connectivity index (χ0) is 15.0. The maximum Gasteiger partial charge on any atom is 0.325 e. The molecule has 0 atom stereocenters. The van der Waals surface area contributed by atoms with Crippen LogP contribution in [0.2, 0.25) is 0 Å². The minimum Gasteiger partial charge on any atom is -0.508 e. The van der Waals surface area contributed by atoms with Crippen LogP contribution in [0.15, 0.2) is 30.3 Å². The normalized spacial score (nSPS) is 10.5. The lowest BCUT2D eigenvalue weighted by atomic mass is 10.2. The van der Waals surface area contributed by atoms with Crippen molar-refractivity contribution in [1.82, 2.24) is 4.90 Å². The topological polar surface area (TPSA) is 66.8 Å². The molecule has 108 valence electrons. The predicted octanol–water partition coefficient (Wildman–Crippen LogP) is 1.82. The minimum absolute atomic E-state index is 0.0525. The molecule has 0 aromatic heterocycles. The molecule has 0 saturated carbocycles. The molecule has 0 radical (unpaired) electrons. The highest BCUT2D eigenvalue weighted by atomic mass is 16.5. The predicted molar refractivity (Wildman–Crippen MR) is 76.0 cm³/mol. The SMILES string of the molecule is CCCN(CC(=O)OC)C(=O)C=Cc1ccc(O)cc1. The molecule has 0 heterocycles. The van der Waals surface area contributed by atoms with Gasteiger partial charge in [0.05, 0.1) is 7.11 Å². The van der Waals surface area contributed by atoms with Gasteiger partial charge in [-0.25, -0.2) is 0 Å². The molecule has 5 nitrogen and oxygen atoms in total. The van der Waals surface area contributed by atoms with Crippen LogP contribution < -0.4 is 0 Å². The lowest BCUT2D eigenvalue weighted by Crippen LogP contribution is -2.35. The molecule has 0 unspecified atom stereocenters. The van der Waals surface area contributed by atoms with Crippen molar-refractivity contribution in [3.05, 3.63) is 35.9 Å². The van der Waals surface area contributed by atoms with Crippen LogP contribution in [0.25, 0.3) is 6.08 Å². The van der Waals surface area contributed by atoms with Crippen molar-refractivity contribution in [2.45, 2.75) is 13.3 Å². The first-order chi connectivity index (χ1) is 9.56. The zero-order valence-electron chi connectivity index (χ0n) is 11.7. The van der Waals surface area contributed by atoms with Gasteiger partial charge in [0.15, 0.2) is 0 Å². The van der Waals surface area contributed by atoms with E-state index in [9.17, 15) is 9.59 Å². The van der Waals surface area contributed by atoms with Crippen LogP contribution in [-0.4, -0.2) is 42.1 Å². The molecule has 1 amide bonds. The smallest absolute Gasteiger partial charge is 0.325 e. The quantitative estimate of drug-likeness (QED) is 0.636. The van der Waals surface area contributed by atoms with Gasteiger partial charge in [-0.3, -0.25) is 9.59 Å². The van der Waals surface area contributed by atoms with E-state index in [1.54, 1.807) is 30.3 Å². The minimum atomic E-state index is -0.440. The number of phenols is 1. The molecule has 1 aromatic carbocycles. The Morgan fingerprint density at radius 2 is 1.95 bits per heavy atom. The number of esters is 1. The second-order valence-electron chi connectivity index (χ2n) is 4.26. The molecule has 1 aromatic rings. The van der Waals surface area contributed by atoms with Gasteiger partial charge in [-0.2, -0.15) is 0 Å². The number of rotatable bonds is 6. The zero-order valence-corrected chi connectivity index (χ0v) is 11.7. The number of methoxy groups -OCH3 is 1. The van der Waals surface area contributed by atoms with Crippen LogP contribution in [0, 0.1) is 0 Å². The van der Waals surface area contributed by atoms with E-state index in [0.717, 1.165) is 12.0 Å². The molecule has 0 bridgehead atoms. The third-order valence-electron chi connectivity index (χ3n) is 2.66. The Kier molecular flexibility index (Phi) is 6.29. The van der Waals surface area contributed by atoms with Crippen molar-refractivity contribution >= 4 is 18.0 Å². The monoisotopic (exact) mass is 277 g/mol. The lowest BCUT2D eigenvalue weighted by molar-refractivity contribution is -0.145. The Hall–Kier alpha value is -2.30. The molecule has 0 aliphatic heterocycles. The lowest BCUT2D eigenvalue weighted by Gasteiger charge is -2.18. The van der Waals surface area contributed by atoms with Crippen molar-refractivity contribution in [2.24, 2.45) is 0 Å². The van der Waals surface area contributed by atoms with E-state index in [1.807, 2.05) is 6.92 Å². The van der Waals surface area contributed by atoms with E-state index in [0.29, 0.717) is 6.54 Å². The second kappa shape index (κ2) is 7.99. The fraction of sp³-hybridized carbons (Fsp3) is 0.333. The summed E-state index contributed by atoms with van der Waals surface area (Å²) in [6.45, 7) is 2.37. The first-order valence-corrected chi connectivity index (χ1v) is 6.39. The van der Waals surface area contributed by atoms with E-state index >= 15 is 0 Å². The third-order valence-corrected chi connectivity index (χ3v) is 2.66. The number of phenolic OH excluding ortho intramolecular Hbond substituents is 1. The summed E-state index contributed by atoms with van der Waals surface area (Å²) in [6.07, 6.45) is 3.81. The highest BCUT2D eigenvalue weighted by Crippen LogP contribution is 2.11. The average Bonchev–Trinajstić information content (AvgIpc) is 2.45. The van der Waals surface area contributed by atoms with Gasteiger partial charge in [0, 0.05) is 12.6 Å². The molecule has 0 aliphatic rings. The maximum atomic E-state index is 12.0. The van der Waals surface area contributed by atoms with Crippen molar-refractivity contribution in [3.8, 4) is 5.75 Å². The van der Waals surface area contributed by atoms with Crippen LogP contribution in [0.1, 0.15) is 18.9 Å². The third kappa shape index (κ3) is 5.14. The molecule has 1 rings (SSSR count). The van der Waals surface area contributed by atoms with Crippen LogP contribution >= 0.6 is 0 Å². The van der Waals surface area contributed by atoms with Gasteiger partial charge in [0.1, 0.15) is 12.3 Å². The van der Waals surface area contributed by atoms with Gasteiger partial charge in [0.25, 0.3) is 0 Å². The molecule has 0 fully saturated rings. The van der Waals surface area contributed by atoms with E-state index in [1.165, 1.54) is 18.1 Å². The number of carbonyl (C=O) groups is 2. The van der Waals surface area contributed by atoms with Crippen LogP contribution in [0.5, 0.6) is 5.75 Å². The summed E-state index contributed by atoms with van der Waals surface area (Å²) in [6, 6.07) is 6.48. The molecule has 0 aliphatic carbocycles. The van der Waals surface area contributed by atoms with Gasteiger partial charge >= 0.3 is 5.97 Å². The van der Waals surface area contributed by atoms with Crippen molar-refractivity contribution in [2.75, 3.05) is 20.2 Å². The number of amides is 1. The first kappa shape index (κ1) is 15.8. The largest absolute Gasteiger partial charge is 0.508 e. The van der Waals surface area contributed by atoms with E-state index < -0.39 is 5.97 Å². The number of ether oxygens (including phenoxy) is 1. The van der Waals surface area contributed by atoms with Crippen LogP contribution in [0.3, 0.4) is 0 Å². The van der Waals surface area contributed by atoms with E-state index in [-0.39, 0.29) is 18.2 Å². The maximum absolute atomic E-state index is 12.0. The van der Waals surface area contributed by atoms with Crippen LogP contribution in [-0.2, 0) is 14.3 Å². The molecular formula is C15H19NO4. The summed E-state index contributed by atoms with van der Waals surface area (Å²) < 4.78 is 4.57. The summed E-state index contributed by atoms with van der Waals surface area (Å²) in [4.78, 5) is 24.7. The van der Waals surface area contributed by atoms with Crippen LogP contribution in [0.4, 0.5) is 0 Å². The molecule has 0 spiro atoms. The van der Waals surface area contributed by atoms with Crippen molar-refractivity contribution in [1.29, 1.82) is 0 Å². The average molecular weight is 277 g/mol. The highest BCUT2D eigenvalue weighted by Gasteiger charge is 2.14. The molecular weight excluding hydrogens is 258 g/mol. The number of hydrogen-bond donors (Lipinski definition) is 1. The van der Waals surface area contributed by atoms with Gasteiger partial charge in [0.2, 0.25) is 5.91 Å². The second-order valence-corrected chi connectivity index (χ2v) is 4.26. The fourth-order valence-electron chi connectivity index (χ4n) is 1.62. The summed E-state index contributed by atoms with van der Waals surface area (Å²) in [5.41, 5.74) is 0.797. The van der Waals surface area contributed by atoms with Gasteiger partial charge in [-0.05, 0) is 30.2 Å². The number of nitrogens with zero attached hydrogens (tertiary/aromatic N) is 1. The van der Waals surface area contributed by atoms with E-state index in [2.05, 4.69) is 4.74 Å². The number of carbonyl (C=O) groups excluding carboxylic acids is 2. The Morgan fingerprint density at radius 3 is 2.50 bits per heavy atom. The number of aromatic hydroxyl groups is 1. The number of benzene rings is 1. The highest BCUT2D eigenvalue weighted by molar-refractivity contribution is 5.93. The molecule has 1 N–H and O–H groups in total. The van der Waals surface area contributed by atoms with Gasteiger partial charge < -0.3 is 14.7 Å². The molecule has 20 heavy (non-hydrogen) atoms. The van der Waals surface area contributed by atoms with Gasteiger partial charge in [-0.15, -0.1) is 0 Å². The Morgan fingerprint density at radius 1 is 1.30 bits per heavy atom. The van der Waals surface area contributed by atoms with Gasteiger partial charge in [-0.1, -0.05) is 19.1 Å². The fourth-order valence-corrected chi connectivity index (χ4v) is 1.62. The Balaban J connectivity index is 2.69. The van der Waals surface area contributed by atoms with Crippen molar-refractivity contribution < 1.29 is 19.4 Å². The Bertz CT molecular complexity index is 479. The Labute approximate surface area is 118 Å². The summed E-state index contributed by atoms with van der Waals surface area (Å²) in [7, 11) is 1.29.